The Bertz CT molecular complexity index is 401. The van der Waals surface area contributed by atoms with Crippen LogP contribution in [-0.4, -0.2) is 33.6 Å². The van der Waals surface area contributed by atoms with Gasteiger partial charge in [0.1, 0.15) is 0 Å². The highest BCUT2D eigenvalue weighted by Crippen LogP contribution is 2.11. The SMILES string of the molecule is CCCCCNC(=NC)NCc1ccc(N(C)C)cc1.I. The number of hydrogen-bond donors (Lipinski definition) is 2. The molecule has 0 spiro atoms. The van der Waals surface area contributed by atoms with Crippen LogP contribution in [0.15, 0.2) is 29.3 Å². The predicted molar refractivity (Wildman–Crippen MR) is 104 cm³/mol. The summed E-state index contributed by atoms with van der Waals surface area (Å²) in [6.45, 7) is 3.98. The number of aliphatic imine (C=N–C) groups is 1. The molecule has 2 N–H and O–H groups in total. The van der Waals surface area contributed by atoms with Gasteiger partial charge in [-0.05, 0) is 24.1 Å². The molecule has 1 rings (SSSR count). The smallest absolute Gasteiger partial charge is 0.191 e. The molecular weight excluding hydrogens is 375 g/mol. The maximum atomic E-state index is 4.23. The van der Waals surface area contributed by atoms with Gasteiger partial charge in [-0.3, -0.25) is 4.99 Å². The molecule has 5 heteroatoms. The van der Waals surface area contributed by atoms with Crippen molar-refractivity contribution in [3.05, 3.63) is 29.8 Å². The highest BCUT2D eigenvalue weighted by Gasteiger charge is 1.99. The fraction of sp³-hybridized carbons (Fsp3) is 0.562. The van der Waals surface area contributed by atoms with E-state index in [0.29, 0.717) is 0 Å². The van der Waals surface area contributed by atoms with Gasteiger partial charge in [-0.25, -0.2) is 0 Å². The second-order valence-electron chi connectivity index (χ2n) is 5.12. The van der Waals surface area contributed by atoms with Crippen molar-refractivity contribution in [2.75, 3.05) is 32.6 Å². The lowest BCUT2D eigenvalue weighted by molar-refractivity contribution is 0.683. The Labute approximate surface area is 146 Å². The van der Waals surface area contributed by atoms with E-state index in [-0.39, 0.29) is 24.0 Å². The number of hydrogen-bond acceptors (Lipinski definition) is 2. The number of rotatable bonds is 7. The third kappa shape index (κ3) is 8.14. The molecule has 0 aliphatic rings. The first-order valence-electron chi connectivity index (χ1n) is 7.38. The van der Waals surface area contributed by atoms with Gasteiger partial charge >= 0.3 is 0 Å². The molecular formula is C16H29IN4. The summed E-state index contributed by atoms with van der Waals surface area (Å²) in [4.78, 5) is 6.34. The molecule has 0 saturated carbocycles. The maximum Gasteiger partial charge on any atom is 0.191 e. The van der Waals surface area contributed by atoms with Crippen molar-refractivity contribution in [2.24, 2.45) is 4.99 Å². The fourth-order valence-corrected chi connectivity index (χ4v) is 1.90. The summed E-state index contributed by atoms with van der Waals surface area (Å²) in [5.41, 5.74) is 2.47. The van der Waals surface area contributed by atoms with Crippen LogP contribution < -0.4 is 15.5 Å². The van der Waals surface area contributed by atoms with Crippen molar-refractivity contribution in [3.8, 4) is 0 Å². The highest BCUT2D eigenvalue weighted by atomic mass is 127. The Morgan fingerprint density at radius 1 is 1.10 bits per heavy atom. The second kappa shape index (κ2) is 11.7. The first kappa shape index (κ1) is 20.0. The Hall–Kier alpha value is -0.980. The van der Waals surface area contributed by atoms with Crippen LogP contribution in [0, 0.1) is 0 Å². The van der Waals surface area contributed by atoms with Crippen LogP contribution >= 0.6 is 24.0 Å². The summed E-state index contributed by atoms with van der Waals surface area (Å²) in [5.74, 6) is 0.873. The number of guanidine groups is 1. The standard InChI is InChI=1S/C16H28N4.HI/c1-5-6-7-12-18-16(17-2)19-13-14-8-10-15(11-9-14)20(3)4;/h8-11H,5-7,12-13H2,1-4H3,(H2,17,18,19);1H. The molecule has 0 aliphatic heterocycles. The molecule has 0 radical (unpaired) electrons. The van der Waals surface area contributed by atoms with Gasteiger partial charge in [0.2, 0.25) is 0 Å². The molecule has 1 aromatic rings. The first-order chi connectivity index (χ1) is 9.67. The van der Waals surface area contributed by atoms with E-state index in [1.165, 1.54) is 30.5 Å². The normalized spacial score (nSPS) is 10.8. The van der Waals surface area contributed by atoms with Crippen LogP contribution in [0.5, 0.6) is 0 Å². The second-order valence-corrected chi connectivity index (χ2v) is 5.12. The molecule has 0 aromatic heterocycles. The number of nitrogens with zero attached hydrogens (tertiary/aromatic N) is 2. The molecule has 0 amide bonds. The van der Waals surface area contributed by atoms with Crippen LogP contribution in [0.3, 0.4) is 0 Å². The number of benzene rings is 1. The van der Waals surface area contributed by atoms with E-state index >= 15 is 0 Å². The van der Waals surface area contributed by atoms with Gasteiger partial charge in [-0.15, -0.1) is 24.0 Å². The highest BCUT2D eigenvalue weighted by molar-refractivity contribution is 14.0. The van der Waals surface area contributed by atoms with Crippen LogP contribution in [-0.2, 0) is 6.54 Å². The van der Waals surface area contributed by atoms with Gasteiger partial charge in [0.25, 0.3) is 0 Å². The zero-order valence-electron chi connectivity index (χ0n) is 13.6. The minimum Gasteiger partial charge on any atom is -0.378 e. The Balaban J connectivity index is 0.00000400. The van der Waals surface area contributed by atoms with Crippen molar-refractivity contribution >= 4 is 35.6 Å². The monoisotopic (exact) mass is 404 g/mol. The lowest BCUT2D eigenvalue weighted by atomic mass is 10.2. The van der Waals surface area contributed by atoms with E-state index in [0.717, 1.165) is 19.0 Å². The number of nitrogens with one attached hydrogen (secondary N) is 2. The third-order valence-electron chi connectivity index (χ3n) is 3.21. The number of unbranched alkanes of at least 4 members (excludes halogenated alkanes) is 2. The van der Waals surface area contributed by atoms with E-state index in [9.17, 15) is 0 Å². The minimum atomic E-state index is 0. The van der Waals surface area contributed by atoms with E-state index in [1.807, 2.05) is 7.05 Å². The van der Waals surface area contributed by atoms with Crippen LogP contribution in [0.1, 0.15) is 31.7 Å². The van der Waals surface area contributed by atoms with Crippen LogP contribution in [0.25, 0.3) is 0 Å². The van der Waals surface area contributed by atoms with Gasteiger partial charge in [0.05, 0.1) is 0 Å². The van der Waals surface area contributed by atoms with Crippen molar-refractivity contribution in [2.45, 2.75) is 32.7 Å². The molecule has 0 saturated heterocycles. The molecule has 0 heterocycles. The third-order valence-corrected chi connectivity index (χ3v) is 3.21. The zero-order chi connectivity index (χ0) is 14.8. The zero-order valence-corrected chi connectivity index (χ0v) is 16.0. The fourth-order valence-electron chi connectivity index (χ4n) is 1.90. The summed E-state index contributed by atoms with van der Waals surface area (Å²) in [5, 5.41) is 6.67. The summed E-state index contributed by atoms with van der Waals surface area (Å²) in [6, 6.07) is 8.56. The summed E-state index contributed by atoms with van der Waals surface area (Å²) in [6.07, 6.45) is 3.69. The first-order valence-corrected chi connectivity index (χ1v) is 7.38. The molecule has 0 unspecified atom stereocenters. The lowest BCUT2D eigenvalue weighted by Crippen LogP contribution is -2.37. The average Bonchev–Trinajstić information content (AvgIpc) is 2.47. The van der Waals surface area contributed by atoms with Crippen LogP contribution in [0.4, 0.5) is 5.69 Å². The van der Waals surface area contributed by atoms with Crippen molar-refractivity contribution < 1.29 is 0 Å². The minimum absolute atomic E-state index is 0. The number of halogens is 1. The van der Waals surface area contributed by atoms with Crippen molar-refractivity contribution in [3.63, 3.8) is 0 Å². The Morgan fingerprint density at radius 2 is 1.76 bits per heavy atom. The van der Waals surface area contributed by atoms with Gasteiger partial charge < -0.3 is 15.5 Å². The molecule has 4 nitrogen and oxygen atoms in total. The molecule has 0 fully saturated rings. The summed E-state index contributed by atoms with van der Waals surface area (Å²) < 4.78 is 0. The maximum absolute atomic E-state index is 4.23. The van der Waals surface area contributed by atoms with E-state index < -0.39 is 0 Å². The van der Waals surface area contributed by atoms with Gasteiger partial charge in [0.15, 0.2) is 5.96 Å². The van der Waals surface area contributed by atoms with Gasteiger partial charge in [-0.1, -0.05) is 31.9 Å². The lowest BCUT2D eigenvalue weighted by Gasteiger charge is -2.14. The van der Waals surface area contributed by atoms with Crippen LogP contribution in [0.2, 0.25) is 0 Å². The molecule has 1 aromatic carbocycles. The van der Waals surface area contributed by atoms with E-state index in [4.69, 9.17) is 0 Å². The topological polar surface area (TPSA) is 39.7 Å². The van der Waals surface area contributed by atoms with Gasteiger partial charge in [-0.2, -0.15) is 0 Å². The Kier molecular flexibility index (Phi) is 11.1. The summed E-state index contributed by atoms with van der Waals surface area (Å²) >= 11 is 0. The Morgan fingerprint density at radius 3 is 2.29 bits per heavy atom. The molecule has 21 heavy (non-hydrogen) atoms. The largest absolute Gasteiger partial charge is 0.378 e. The van der Waals surface area contributed by atoms with Gasteiger partial charge in [0, 0.05) is 39.9 Å². The predicted octanol–water partition coefficient (Wildman–Crippen LogP) is 3.23. The average molecular weight is 404 g/mol. The summed E-state index contributed by atoms with van der Waals surface area (Å²) in [7, 11) is 5.91. The molecule has 0 atom stereocenters. The van der Waals surface area contributed by atoms with E-state index in [2.05, 4.69) is 65.8 Å². The van der Waals surface area contributed by atoms with Crippen molar-refractivity contribution in [1.29, 1.82) is 0 Å². The quantitative estimate of drug-likeness (QED) is 0.317. The van der Waals surface area contributed by atoms with Crippen molar-refractivity contribution in [1.82, 2.24) is 10.6 Å². The molecule has 0 bridgehead atoms. The van der Waals surface area contributed by atoms with E-state index in [1.54, 1.807) is 0 Å². The molecule has 0 aliphatic carbocycles. The molecule has 120 valence electrons. The number of anilines is 1.